The van der Waals surface area contributed by atoms with Crippen LogP contribution in [0.25, 0.3) is 0 Å². The molecule has 1 saturated heterocycles. The average molecular weight is 407 g/mol. The lowest BCUT2D eigenvalue weighted by Gasteiger charge is -2.31. The second-order valence-corrected chi connectivity index (χ2v) is 8.42. The van der Waals surface area contributed by atoms with Gasteiger partial charge in [-0.05, 0) is 75.0 Å². The summed E-state index contributed by atoms with van der Waals surface area (Å²) in [5, 5.41) is 3.35. The molecule has 0 aromatic heterocycles. The Bertz CT molecular complexity index is 839. The first kappa shape index (κ1) is 22.5. The second-order valence-electron chi connectivity index (χ2n) is 8.42. The summed E-state index contributed by atoms with van der Waals surface area (Å²) in [6.07, 6.45) is 5.52. The number of aryl methyl sites for hydroxylation is 1. The predicted octanol–water partition coefficient (Wildman–Crippen LogP) is 5.65. The van der Waals surface area contributed by atoms with Gasteiger partial charge in [0.05, 0.1) is 5.56 Å². The van der Waals surface area contributed by atoms with Gasteiger partial charge in [0.1, 0.15) is 5.82 Å². The van der Waals surface area contributed by atoms with Crippen molar-refractivity contribution in [3.05, 3.63) is 70.5 Å². The van der Waals surface area contributed by atoms with Gasteiger partial charge >= 0.3 is 0 Å². The zero-order chi connectivity index (χ0) is 21.2. The average Bonchev–Trinajstić information content (AvgIpc) is 2.76. The standard InChI is InChI=1S/C27H35FN2/c1-3-4-16-29-21-23-10-13-26(27(28)20-23)7-5-6-17-30-18-14-25(15-19-30)24-11-8-22(2)9-12-24/h8-13,20,25,29H,3-4,6,14-19,21H2,1-2H3. The van der Waals surface area contributed by atoms with Crippen LogP contribution in [-0.4, -0.2) is 31.1 Å². The van der Waals surface area contributed by atoms with E-state index in [1.807, 2.05) is 12.1 Å². The molecule has 2 aromatic rings. The van der Waals surface area contributed by atoms with Gasteiger partial charge in [0.2, 0.25) is 0 Å². The Labute approximate surface area is 181 Å². The third-order valence-electron chi connectivity index (χ3n) is 5.98. The largest absolute Gasteiger partial charge is 0.313 e. The van der Waals surface area contributed by atoms with E-state index in [1.165, 1.54) is 30.4 Å². The third kappa shape index (κ3) is 6.97. The van der Waals surface area contributed by atoms with E-state index in [4.69, 9.17) is 0 Å². The molecule has 1 heterocycles. The van der Waals surface area contributed by atoms with Gasteiger partial charge in [-0.1, -0.05) is 61.1 Å². The van der Waals surface area contributed by atoms with Crippen molar-refractivity contribution >= 4 is 0 Å². The molecule has 0 saturated carbocycles. The minimum Gasteiger partial charge on any atom is -0.313 e. The van der Waals surface area contributed by atoms with Crippen molar-refractivity contribution in [3.63, 3.8) is 0 Å². The van der Waals surface area contributed by atoms with Crippen LogP contribution in [-0.2, 0) is 6.54 Å². The lowest BCUT2D eigenvalue weighted by atomic mass is 9.89. The van der Waals surface area contributed by atoms with Crippen molar-refractivity contribution in [1.82, 2.24) is 10.2 Å². The molecule has 2 nitrogen and oxygen atoms in total. The van der Waals surface area contributed by atoms with Crippen molar-refractivity contribution in [2.75, 3.05) is 26.2 Å². The van der Waals surface area contributed by atoms with E-state index in [2.05, 4.69) is 60.2 Å². The van der Waals surface area contributed by atoms with E-state index in [1.54, 1.807) is 6.07 Å². The summed E-state index contributed by atoms with van der Waals surface area (Å²) in [4.78, 5) is 2.49. The van der Waals surface area contributed by atoms with Crippen molar-refractivity contribution in [2.24, 2.45) is 0 Å². The maximum absolute atomic E-state index is 14.3. The normalized spacial score (nSPS) is 15.0. The van der Waals surface area contributed by atoms with E-state index >= 15 is 0 Å². The summed E-state index contributed by atoms with van der Waals surface area (Å²) < 4.78 is 14.3. The highest BCUT2D eigenvalue weighted by molar-refractivity contribution is 5.37. The van der Waals surface area contributed by atoms with Crippen molar-refractivity contribution < 1.29 is 4.39 Å². The van der Waals surface area contributed by atoms with Gasteiger partial charge in [0.15, 0.2) is 0 Å². The first-order valence-corrected chi connectivity index (χ1v) is 11.4. The monoisotopic (exact) mass is 406 g/mol. The van der Waals surface area contributed by atoms with E-state index in [9.17, 15) is 4.39 Å². The number of halogens is 1. The Balaban J connectivity index is 1.40. The van der Waals surface area contributed by atoms with Gasteiger partial charge in [0.25, 0.3) is 0 Å². The first-order valence-electron chi connectivity index (χ1n) is 11.4. The molecule has 0 aliphatic carbocycles. The molecule has 0 amide bonds. The van der Waals surface area contributed by atoms with Crippen LogP contribution >= 0.6 is 0 Å². The SMILES string of the molecule is CCCCNCc1ccc(C#CCCN2CCC(c3ccc(C)cc3)CC2)c(F)c1. The molecule has 160 valence electrons. The highest BCUT2D eigenvalue weighted by Gasteiger charge is 2.19. The molecule has 1 N–H and O–H groups in total. The van der Waals surface area contributed by atoms with Crippen LogP contribution in [0.5, 0.6) is 0 Å². The van der Waals surface area contributed by atoms with Gasteiger partial charge in [-0.25, -0.2) is 4.39 Å². The predicted molar refractivity (Wildman–Crippen MR) is 124 cm³/mol. The zero-order valence-electron chi connectivity index (χ0n) is 18.5. The van der Waals surface area contributed by atoms with Gasteiger partial charge in [0, 0.05) is 19.5 Å². The minimum atomic E-state index is -0.212. The summed E-state index contributed by atoms with van der Waals surface area (Å²) in [6, 6.07) is 14.4. The fraction of sp³-hybridized carbons (Fsp3) is 0.481. The number of piperidine rings is 1. The number of rotatable bonds is 8. The van der Waals surface area contributed by atoms with Crippen LogP contribution in [0.3, 0.4) is 0 Å². The Morgan fingerprint density at radius 2 is 1.87 bits per heavy atom. The van der Waals surface area contributed by atoms with E-state index in [0.717, 1.165) is 44.6 Å². The summed E-state index contributed by atoms with van der Waals surface area (Å²) in [5.41, 5.74) is 4.28. The number of unbranched alkanes of at least 4 members (excludes halogenated alkanes) is 1. The van der Waals surface area contributed by atoms with Crippen LogP contribution < -0.4 is 5.32 Å². The molecule has 3 heteroatoms. The molecule has 1 fully saturated rings. The smallest absolute Gasteiger partial charge is 0.139 e. The molecule has 1 aliphatic heterocycles. The molecule has 3 rings (SSSR count). The van der Waals surface area contributed by atoms with Gasteiger partial charge < -0.3 is 10.2 Å². The van der Waals surface area contributed by atoms with Gasteiger partial charge in [-0.15, -0.1) is 0 Å². The number of benzene rings is 2. The topological polar surface area (TPSA) is 15.3 Å². The highest BCUT2D eigenvalue weighted by Crippen LogP contribution is 2.28. The van der Waals surface area contributed by atoms with Crippen LogP contribution in [0.2, 0.25) is 0 Å². The number of hydrogen-bond acceptors (Lipinski definition) is 2. The number of nitrogens with one attached hydrogen (secondary N) is 1. The fourth-order valence-electron chi connectivity index (χ4n) is 4.00. The van der Waals surface area contributed by atoms with Crippen LogP contribution in [0, 0.1) is 24.6 Å². The van der Waals surface area contributed by atoms with Crippen molar-refractivity contribution in [3.8, 4) is 11.8 Å². The van der Waals surface area contributed by atoms with Crippen LogP contribution in [0.4, 0.5) is 4.39 Å². The van der Waals surface area contributed by atoms with E-state index < -0.39 is 0 Å². The number of likely N-dealkylation sites (tertiary alicyclic amines) is 1. The highest BCUT2D eigenvalue weighted by atomic mass is 19.1. The summed E-state index contributed by atoms with van der Waals surface area (Å²) in [7, 11) is 0. The fourth-order valence-corrected chi connectivity index (χ4v) is 4.00. The Morgan fingerprint density at radius 1 is 1.10 bits per heavy atom. The molecule has 0 unspecified atom stereocenters. The summed E-state index contributed by atoms with van der Waals surface area (Å²) >= 11 is 0. The first-order chi connectivity index (χ1) is 14.7. The Hall–Kier alpha value is -2.15. The summed E-state index contributed by atoms with van der Waals surface area (Å²) in [6.45, 7) is 9.20. The molecule has 0 spiro atoms. The van der Waals surface area contributed by atoms with E-state index in [-0.39, 0.29) is 5.82 Å². The third-order valence-corrected chi connectivity index (χ3v) is 5.98. The molecule has 0 bridgehead atoms. The number of nitrogens with zero attached hydrogens (tertiary/aromatic N) is 1. The minimum absolute atomic E-state index is 0.212. The van der Waals surface area contributed by atoms with E-state index in [0.29, 0.717) is 18.0 Å². The molecule has 1 aliphatic rings. The Kier molecular flexibility index (Phi) is 8.93. The maximum atomic E-state index is 14.3. The molecular weight excluding hydrogens is 371 g/mol. The van der Waals surface area contributed by atoms with Gasteiger partial charge in [-0.2, -0.15) is 0 Å². The van der Waals surface area contributed by atoms with Crippen LogP contribution in [0.1, 0.15) is 67.2 Å². The van der Waals surface area contributed by atoms with Crippen LogP contribution in [0.15, 0.2) is 42.5 Å². The molecule has 2 aromatic carbocycles. The summed E-state index contributed by atoms with van der Waals surface area (Å²) in [5.74, 6) is 6.66. The lowest BCUT2D eigenvalue weighted by Crippen LogP contribution is -2.33. The number of hydrogen-bond donors (Lipinski definition) is 1. The van der Waals surface area contributed by atoms with Gasteiger partial charge in [-0.3, -0.25) is 0 Å². The quantitative estimate of drug-likeness (QED) is 0.450. The maximum Gasteiger partial charge on any atom is 0.139 e. The van der Waals surface area contributed by atoms with Crippen molar-refractivity contribution in [1.29, 1.82) is 0 Å². The Morgan fingerprint density at radius 3 is 2.57 bits per heavy atom. The molecular formula is C27H35FN2. The lowest BCUT2D eigenvalue weighted by molar-refractivity contribution is 0.217. The molecule has 0 atom stereocenters. The molecule has 0 radical (unpaired) electrons. The molecule has 30 heavy (non-hydrogen) atoms. The second kappa shape index (κ2) is 11.9. The zero-order valence-corrected chi connectivity index (χ0v) is 18.5. The van der Waals surface area contributed by atoms with Crippen molar-refractivity contribution in [2.45, 2.75) is 58.4 Å².